The number of carbonyl (C=O) groups is 2. The fourth-order valence-corrected chi connectivity index (χ4v) is 2.59. The molecule has 1 aliphatic rings. The second-order valence-electron chi connectivity index (χ2n) is 4.73. The molecular formula is C13H14N4O4S. The lowest BCUT2D eigenvalue weighted by molar-refractivity contribution is -0.128. The van der Waals surface area contributed by atoms with E-state index in [0.29, 0.717) is 17.8 Å². The highest BCUT2D eigenvalue weighted by atomic mass is 32.2. The highest BCUT2D eigenvalue weighted by Crippen LogP contribution is 2.18. The van der Waals surface area contributed by atoms with Crippen LogP contribution in [-0.4, -0.2) is 45.0 Å². The Balaban J connectivity index is 1.68. The molecule has 2 aromatic rings. The summed E-state index contributed by atoms with van der Waals surface area (Å²) in [5.74, 6) is 1.09. The number of carbonyl (C=O) groups excluding carboxylic acids is 2. The van der Waals surface area contributed by atoms with E-state index < -0.39 is 12.1 Å². The maximum atomic E-state index is 12.2. The van der Waals surface area contributed by atoms with Crippen molar-refractivity contribution in [3.8, 4) is 11.4 Å². The van der Waals surface area contributed by atoms with Crippen molar-refractivity contribution in [3.63, 3.8) is 0 Å². The number of urea groups is 1. The van der Waals surface area contributed by atoms with Gasteiger partial charge in [0, 0.05) is 0 Å². The molecule has 9 heteroatoms. The Morgan fingerprint density at radius 2 is 2.32 bits per heavy atom. The smallest absolute Gasteiger partial charge is 0.325 e. The van der Waals surface area contributed by atoms with Crippen molar-refractivity contribution in [2.75, 3.05) is 12.0 Å². The first kappa shape index (κ1) is 14.6. The van der Waals surface area contributed by atoms with Crippen LogP contribution in [0.4, 0.5) is 4.79 Å². The third-order valence-electron chi connectivity index (χ3n) is 3.26. The number of nitrogens with one attached hydrogen (secondary N) is 1. The van der Waals surface area contributed by atoms with Crippen molar-refractivity contribution in [2.24, 2.45) is 0 Å². The van der Waals surface area contributed by atoms with E-state index in [0.717, 1.165) is 10.7 Å². The van der Waals surface area contributed by atoms with Crippen LogP contribution in [0.25, 0.3) is 11.4 Å². The lowest BCUT2D eigenvalue weighted by Crippen LogP contribution is -2.31. The van der Waals surface area contributed by atoms with Crippen LogP contribution in [0.3, 0.4) is 0 Å². The molecule has 1 N–H and O–H groups in total. The maximum absolute atomic E-state index is 12.2. The topological polar surface area (TPSA) is 101 Å². The third kappa shape index (κ3) is 2.84. The molecule has 0 saturated carbocycles. The van der Waals surface area contributed by atoms with Gasteiger partial charge in [-0.15, -0.1) is 0 Å². The molecule has 1 saturated heterocycles. The van der Waals surface area contributed by atoms with Gasteiger partial charge in [0.15, 0.2) is 0 Å². The van der Waals surface area contributed by atoms with Gasteiger partial charge in [0.1, 0.15) is 18.8 Å². The summed E-state index contributed by atoms with van der Waals surface area (Å²) in [6.07, 6.45) is 5.54. The van der Waals surface area contributed by atoms with Crippen LogP contribution >= 0.6 is 11.8 Å². The lowest BCUT2D eigenvalue weighted by Gasteiger charge is -2.09. The molecule has 0 bridgehead atoms. The van der Waals surface area contributed by atoms with E-state index in [4.69, 9.17) is 8.94 Å². The molecule has 0 aromatic carbocycles. The van der Waals surface area contributed by atoms with E-state index in [2.05, 4.69) is 15.5 Å². The van der Waals surface area contributed by atoms with Crippen LogP contribution in [0.2, 0.25) is 0 Å². The normalized spacial score (nSPS) is 18.0. The Bertz CT molecular complexity index is 669. The van der Waals surface area contributed by atoms with Crippen molar-refractivity contribution in [1.82, 2.24) is 20.4 Å². The zero-order chi connectivity index (χ0) is 15.5. The molecule has 1 aliphatic heterocycles. The first-order chi connectivity index (χ1) is 10.7. The summed E-state index contributed by atoms with van der Waals surface area (Å²) < 4.78 is 10.0. The maximum Gasteiger partial charge on any atom is 0.325 e. The van der Waals surface area contributed by atoms with E-state index in [-0.39, 0.29) is 18.3 Å². The molecule has 0 radical (unpaired) electrons. The summed E-state index contributed by atoms with van der Waals surface area (Å²) in [4.78, 5) is 29.3. The number of hydrogen-bond acceptors (Lipinski definition) is 7. The average Bonchev–Trinajstić information content (AvgIpc) is 3.22. The molecule has 1 unspecified atom stereocenters. The number of aromatic nitrogens is 2. The number of hydrogen-bond donors (Lipinski definition) is 1. The van der Waals surface area contributed by atoms with Crippen LogP contribution < -0.4 is 5.32 Å². The zero-order valence-corrected chi connectivity index (χ0v) is 12.6. The van der Waals surface area contributed by atoms with Gasteiger partial charge in [0.05, 0.1) is 11.8 Å². The summed E-state index contributed by atoms with van der Waals surface area (Å²) in [7, 11) is 0. The SMILES string of the molecule is CSCCC1NC(=O)N(Cc2nc(-c3ccoc3)no2)C1=O. The van der Waals surface area contributed by atoms with Gasteiger partial charge in [0.25, 0.3) is 5.91 Å². The zero-order valence-electron chi connectivity index (χ0n) is 11.8. The van der Waals surface area contributed by atoms with E-state index in [9.17, 15) is 9.59 Å². The molecule has 3 amide bonds. The van der Waals surface area contributed by atoms with Crippen molar-refractivity contribution < 1.29 is 18.5 Å². The van der Waals surface area contributed by atoms with Crippen LogP contribution in [-0.2, 0) is 11.3 Å². The van der Waals surface area contributed by atoms with Gasteiger partial charge in [-0.3, -0.25) is 9.69 Å². The third-order valence-corrected chi connectivity index (χ3v) is 3.90. The Labute approximate surface area is 130 Å². The lowest BCUT2D eigenvalue weighted by atomic mass is 10.2. The van der Waals surface area contributed by atoms with Crippen LogP contribution in [0.5, 0.6) is 0 Å². The molecule has 1 fully saturated rings. The summed E-state index contributed by atoms with van der Waals surface area (Å²) in [6.45, 7) is -0.0364. The summed E-state index contributed by atoms with van der Waals surface area (Å²) in [5.41, 5.74) is 0.671. The van der Waals surface area contributed by atoms with Crippen molar-refractivity contribution in [2.45, 2.75) is 19.0 Å². The predicted molar refractivity (Wildman–Crippen MR) is 77.9 cm³/mol. The molecule has 2 aromatic heterocycles. The molecule has 3 rings (SSSR count). The summed E-state index contributed by atoms with van der Waals surface area (Å²) in [6, 6.07) is 0.788. The Morgan fingerprint density at radius 3 is 3.05 bits per heavy atom. The van der Waals surface area contributed by atoms with Gasteiger partial charge in [-0.2, -0.15) is 16.7 Å². The Morgan fingerprint density at radius 1 is 1.45 bits per heavy atom. The fourth-order valence-electron chi connectivity index (χ4n) is 2.12. The highest BCUT2D eigenvalue weighted by molar-refractivity contribution is 7.98. The van der Waals surface area contributed by atoms with Crippen LogP contribution in [0.1, 0.15) is 12.3 Å². The Kier molecular flexibility index (Phi) is 4.14. The molecule has 8 nitrogen and oxygen atoms in total. The molecule has 3 heterocycles. The van der Waals surface area contributed by atoms with Gasteiger partial charge >= 0.3 is 6.03 Å². The van der Waals surface area contributed by atoms with Crippen LogP contribution in [0.15, 0.2) is 27.5 Å². The van der Waals surface area contributed by atoms with E-state index >= 15 is 0 Å². The minimum Gasteiger partial charge on any atom is -0.472 e. The summed E-state index contributed by atoms with van der Waals surface area (Å²) >= 11 is 1.63. The second-order valence-corrected chi connectivity index (χ2v) is 5.72. The first-order valence-electron chi connectivity index (χ1n) is 6.65. The largest absolute Gasteiger partial charge is 0.472 e. The standard InChI is InChI=1S/C13H14N4O4S/c1-22-5-3-9-12(18)17(13(19)14-9)6-10-15-11(16-21-10)8-2-4-20-7-8/h2,4,7,9H,3,5-6H2,1H3,(H,14,19). The van der Waals surface area contributed by atoms with Gasteiger partial charge in [-0.25, -0.2) is 4.79 Å². The van der Waals surface area contributed by atoms with E-state index in [1.807, 2.05) is 6.26 Å². The summed E-state index contributed by atoms with van der Waals surface area (Å²) in [5, 5.41) is 6.46. The number of nitrogens with zero attached hydrogens (tertiary/aromatic N) is 3. The van der Waals surface area contributed by atoms with Crippen molar-refractivity contribution in [1.29, 1.82) is 0 Å². The number of amides is 3. The second kappa shape index (κ2) is 6.22. The molecule has 1 atom stereocenters. The number of imide groups is 1. The molecule has 22 heavy (non-hydrogen) atoms. The predicted octanol–water partition coefficient (Wildman–Crippen LogP) is 1.50. The van der Waals surface area contributed by atoms with Crippen LogP contribution in [0, 0.1) is 0 Å². The number of thioether (sulfide) groups is 1. The molecule has 116 valence electrons. The van der Waals surface area contributed by atoms with Crippen molar-refractivity contribution in [3.05, 3.63) is 24.5 Å². The van der Waals surface area contributed by atoms with Gasteiger partial charge in [0.2, 0.25) is 11.7 Å². The van der Waals surface area contributed by atoms with E-state index in [1.54, 1.807) is 17.8 Å². The minimum atomic E-state index is -0.476. The average molecular weight is 322 g/mol. The van der Waals surface area contributed by atoms with E-state index in [1.165, 1.54) is 12.5 Å². The number of furan rings is 1. The minimum absolute atomic E-state index is 0.0364. The molecule has 0 aliphatic carbocycles. The van der Waals surface area contributed by atoms with Gasteiger partial charge in [-0.1, -0.05) is 5.16 Å². The Hall–Kier alpha value is -2.29. The van der Waals surface area contributed by atoms with Crippen molar-refractivity contribution >= 4 is 23.7 Å². The van der Waals surface area contributed by atoms with Gasteiger partial charge < -0.3 is 14.3 Å². The number of rotatable bonds is 6. The monoisotopic (exact) mass is 322 g/mol. The first-order valence-corrected chi connectivity index (χ1v) is 8.04. The fraction of sp³-hybridized carbons (Fsp3) is 0.385. The quantitative estimate of drug-likeness (QED) is 0.804. The van der Waals surface area contributed by atoms with Gasteiger partial charge in [-0.05, 0) is 24.5 Å². The molecule has 0 spiro atoms. The highest BCUT2D eigenvalue weighted by Gasteiger charge is 2.38. The molecular weight excluding hydrogens is 308 g/mol.